The molecule has 1 heterocycles. The fourth-order valence-corrected chi connectivity index (χ4v) is 1.85. The molecule has 92 valence electrons. The van der Waals surface area contributed by atoms with Crippen molar-refractivity contribution in [3.8, 4) is 0 Å². The SMILES string of the molecule is C=COCCCNC1CCN(C(N)=O)CC1. The predicted molar refractivity (Wildman–Crippen MR) is 62.9 cm³/mol. The molecule has 0 radical (unpaired) electrons. The Kier molecular flexibility index (Phi) is 5.71. The number of primary amides is 1. The van der Waals surface area contributed by atoms with E-state index < -0.39 is 0 Å². The van der Waals surface area contributed by atoms with Crippen LogP contribution < -0.4 is 11.1 Å². The van der Waals surface area contributed by atoms with Crippen LogP contribution in [0.2, 0.25) is 0 Å². The number of piperidine rings is 1. The van der Waals surface area contributed by atoms with E-state index in [0.717, 1.165) is 38.9 Å². The fraction of sp³-hybridized carbons (Fsp3) is 0.727. The van der Waals surface area contributed by atoms with Gasteiger partial charge in [0.2, 0.25) is 0 Å². The van der Waals surface area contributed by atoms with Gasteiger partial charge in [-0.2, -0.15) is 0 Å². The Balaban J connectivity index is 2.03. The van der Waals surface area contributed by atoms with Crippen LogP contribution >= 0.6 is 0 Å². The average Bonchev–Trinajstić information content (AvgIpc) is 2.29. The van der Waals surface area contributed by atoms with Crippen LogP contribution in [0.1, 0.15) is 19.3 Å². The molecule has 1 fully saturated rings. The third-order valence-corrected chi connectivity index (χ3v) is 2.80. The van der Waals surface area contributed by atoms with Crippen LogP contribution in [-0.2, 0) is 4.74 Å². The Labute approximate surface area is 96.6 Å². The van der Waals surface area contributed by atoms with Gasteiger partial charge in [0.15, 0.2) is 0 Å². The number of urea groups is 1. The lowest BCUT2D eigenvalue weighted by Crippen LogP contribution is -2.47. The predicted octanol–water partition coefficient (Wildman–Crippen LogP) is 0.669. The summed E-state index contributed by atoms with van der Waals surface area (Å²) in [5, 5.41) is 3.45. The molecule has 0 aromatic rings. The number of hydrogen-bond donors (Lipinski definition) is 2. The topological polar surface area (TPSA) is 67.6 Å². The van der Waals surface area contributed by atoms with Crippen molar-refractivity contribution in [1.29, 1.82) is 0 Å². The minimum atomic E-state index is -0.308. The quantitative estimate of drug-likeness (QED) is 0.517. The zero-order valence-electron chi connectivity index (χ0n) is 9.65. The molecule has 1 saturated heterocycles. The van der Waals surface area contributed by atoms with Gasteiger partial charge in [0.25, 0.3) is 0 Å². The van der Waals surface area contributed by atoms with E-state index in [-0.39, 0.29) is 6.03 Å². The highest BCUT2D eigenvalue weighted by atomic mass is 16.5. The fourth-order valence-electron chi connectivity index (χ4n) is 1.85. The van der Waals surface area contributed by atoms with Crippen LogP contribution in [-0.4, -0.2) is 43.2 Å². The summed E-state index contributed by atoms with van der Waals surface area (Å²) in [5.41, 5.74) is 5.21. The van der Waals surface area contributed by atoms with Crippen molar-refractivity contribution in [3.05, 3.63) is 12.8 Å². The lowest BCUT2D eigenvalue weighted by molar-refractivity contribution is 0.183. The van der Waals surface area contributed by atoms with Gasteiger partial charge in [-0.3, -0.25) is 0 Å². The summed E-state index contributed by atoms with van der Waals surface area (Å²) >= 11 is 0. The minimum Gasteiger partial charge on any atom is -0.502 e. The van der Waals surface area contributed by atoms with Gasteiger partial charge in [0, 0.05) is 19.1 Å². The Hall–Kier alpha value is -1.23. The second-order valence-corrected chi connectivity index (χ2v) is 3.94. The van der Waals surface area contributed by atoms with Gasteiger partial charge in [0.05, 0.1) is 12.9 Å². The molecule has 5 nitrogen and oxygen atoms in total. The number of amides is 2. The first kappa shape index (κ1) is 12.8. The van der Waals surface area contributed by atoms with Crippen molar-refractivity contribution < 1.29 is 9.53 Å². The van der Waals surface area contributed by atoms with Gasteiger partial charge in [-0.1, -0.05) is 6.58 Å². The van der Waals surface area contributed by atoms with Crippen LogP contribution in [0.5, 0.6) is 0 Å². The molecule has 1 aliphatic rings. The molecule has 3 N–H and O–H groups in total. The highest BCUT2D eigenvalue weighted by Gasteiger charge is 2.20. The minimum absolute atomic E-state index is 0.308. The van der Waals surface area contributed by atoms with E-state index in [2.05, 4.69) is 11.9 Å². The normalized spacial score (nSPS) is 17.1. The van der Waals surface area contributed by atoms with E-state index in [0.29, 0.717) is 12.6 Å². The number of carbonyl (C=O) groups excluding carboxylic acids is 1. The Morgan fingerprint density at radius 2 is 2.25 bits per heavy atom. The third kappa shape index (κ3) is 4.53. The maximum Gasteiger partial charge on any atom is 0.314 e. The van der Waals surface area contributed by atoms with Gasteiger partial charge < -0.3 is 20.7 Å². The third-order valence-electron chi connectivity index (χ3n) is 2.80. The standard InChI is InChI=1S/C11H21N3O2/c1-2-16-9-3-6-13-10-4-7-14(8-5-10)11(12)15/h2,10,13H,1,3-9H2,(H2,12,15). The molecule has 0 spiro atoms. The van der Waals surface area contributed by atoms with Crippen LogP contribution in [0.3, 0.4) is 0 Å². The van der Waals surface area contributed by atoms with E-state index in [9.17, 15) is 4.79 Å². The molecule has 0 aliphatic carbocycles. The molecule has 0 saturated carbocycles. The Bertz CT molecular complexity index is 225. The second kappa shape index (κ2) is 7.11. The Morgan fingerprint density at radius 3 is 2.81 bits per heavy atom. The van der Waals surface area contributed by atoms with Crippen LogP contribution in [0.15, 0.2) is 12.8 Å². The number of nitrogens with zero attached hydrogens (tertiary/aromatic N) is 1. The number of nitrogens with two attached hydrogens (primary N) is 1. The summed E-state index contributed by atoms with van der Waals surface area (Å²) in [5.74, 6) is 0. The molecule has 2 amide bonds. The van der Waals surface area contributed by atoms with Crippen molar-refractivity contribution in [2.45, 2.75) is 25.3 Å². The number of nitrogens with one attached hydrogen (secondary N) is 1. The van der Waals surface area contributed by atoms with Crippen LogP contribution in [0.25, 0.3) is 0 Å². The van der Waals surface area contributed by atoms with E-state index in [1.54, 1.807) is 4.90 Å². The van der Waals surface area contributed by atoms with Gasteiger partial charge in [-0.25, -0.2) is 4.79 Å². The zero-order chi connectivity index (χ0) is 11.8. The monoisotopic (exact) mass is 227 g/mol. The van der Waals surface area contributed by atoms with Crippen molar-refractivity contribution in [2.75, 3.05) is 26.2 Å². The van der Waals surface area contributed by atoms with Crippen LogP contribution in [0.4, 0.5) is 4.79 Å². The lowest BCUT2D eigenvalue weighted by atomic mass is 10.1. The number of ether oxygens (including phenoxy) is 1. The highest BCUT2D eigenvalue weighted by Crippen LogP contribution is 2.09. The average molecular weight is 227 g/mol. The summed E-state index contributed by atoms with van der Waals surface area (Å²) in [6.45, 7) is 6.65. The molecule has 5 heteroatoms. The maximum absolute atomic E-state index is 10.9. The van der Waals surface area contributed by atoms with Gasteiger partial charge in [-0.15, -0.1) is 0 Å². The first-order chi connectivity index (χ1) is 7.74. The summed E-state index contributed by atoms with van der Waals surface area (Å²) in [6.07, 6.45) is 4.39. The zero-order valence-corrected chi connectivity index (χ0v) is 9.65. The molecule has 1 rings (SSSR count). The smallest absolute Gasteiger partial charge is 0.314 e. The second-order valence-electron chi connectivity index (χ2n) is 3.94. The highest BCUT2D eigenvalue weighted by molar-refractivity contribution is 5.72. The van der Waals surface area contributed by atoms with E-state index >= 15 is 0 Å². The summed E-state index contributed by atoms with van der Waals surface area (Å²) in [4.78, 5) is 12.6. The number of carbonyl (C=O) groups is 1. The van der Waals surface area contributed by atoms with E-state index in [1.807, 2.05) is 0 Å². The van der Waals surface area contributed by atoms with Crippen molar-refractivity contribution in [2.24, 2.45) is 5.73 Å². The molecule has 16 heavy (non-hydrogen) atoms. The maximum atomic E-state index is 10.9. The number of hydrogen-bond acceptors (Lipinski definition) is 3. The number of rotatable bonds is 6. The van der Waals surface area contributed by atoms with Gasteiger partial charge in [-0.05, 0) is 25.8 Å². The van der Waals surface area contributed by atoms with E-state index in [1.165, 1.54) is 6.26 Å². The van der Waals surface area contributed by atoms with Crippen molar-refractivity contribution in [3.63, 3.8) is 0 Å². The molecular formula is C11H21N3O2. The molecule has 0 unspecified atom stereocenters. The van der Waals surface area contributed by atoms with E-state index in [4.69, 9.17) is 10.5 Å². The van der Waals surface area contributed by atoms with Gasteiger partial charge in [0.1, 0.15) is 0 Å². The summed E-state index contributed by atoms with van der Waals surface area (Å²) in [6, 6.07) is 0.192. The first-order valence-electron chi connectivity index (χ1n) is 5.74. The van der Waals surface area contributed by atoms with Crippen LogP contribution in [0, 0.1) is 0 Å². The van der Waals surface area contributed by atoms with Gasteiger partial charge >= 0.3 is 6.03 Å². The Morgan fingerprint density at radius 1 is 1.56 bits per heavy atom. The van der Waals surface area contributed by atoms with Crippen molar-refractivity contribution in [1.82, 2.24) is 10.2 Å². The van der Waals surface area contributed by atoms with Crippen molar-refractivity contribution >= 4 is 6.03 Å². The molecule has 1 aliphatic heterocycles. The molecule has 0 bridgehead atoms. The summed E-state index contributed by atoms with van der Waals surface area (Å²) in [7, 11) is 0. The summed E-state index contributed by atoms with van der Waals surface area (Å²) < 4.78 is 5.03. The largest absolute Gasteiger partial charge is 0.502 e. The molecule has 0 aromatic carbocycles. The molecule has 0 aromatic heterocycles. The molecular weight excluding hydrogens is 206 g/mol. The lowest BCUT2D eigenvalue weighted by Gasteiger charge is -2.31. The number of likely N-dealkylation sites (tertiary alicyclic amines) is 1. The molecule has 0 atom stereocenters. The first-order valence-corrected chi connectivity index (χ1v) is 5.74.